The van der Waals surface area contributed by atoms with Crippen LogP contribution in [-0.4, -0.2) is 11.6 Å². The van der Waals surface area contributed by atoms with Crippen molar-refractivity contribution in [3.63, 3.8) is 0 Å². The van der Waals surface area contributed by atoms with Gasteiger partial charge in [-0.3, -0.25) is 4.79 Å². The first-order valence-electron chi connectivity index (χ1n) is 4.38. The van der Waals surface area contributed by atoms with Crippen LogP contribution in [0.1, 0.15) is 30.1 Å². The lowest BCUT2D eigenvalue weighted by atomic mass is 10.1. The maximum absolute atomic E-state index is 12.5. The largest absolute Gasteiger partial charge is 0.300 e. The molecule has 1 aromatic carbocycles. The number of carbonyl (C=O) groups is 2. The van der Waals surface area contributed by atoms with Crippen molar-refractivity contribution in [2.24, 2.45) is 0 Å². The van der Waals surface area contributed by atoms with Gasteiger partial charge in [0.25, 0.3) is 0 Å². The zero-order valence-electron chi connectivity index (χ0n) is 7.92. The molecule has 0 aliphatic rings. The second kappa shape index (κ2) is 4.65. The smallest absolute Gasteiger partial charge is 0.163 e. The van der Waals surface area contributed by atoms with Crippen molar-refractivity contribution < 1.29 is 14.0 Å². The Morgan fingerprint density at radius 3 is 2.21 bits per heavy atom. The molecule has 0 spiro atoms. The van der Waals surface area contributed by atoms with Crippen molar-refractivity contribution in [1.29, 1.82) is 0 Å². The van der Waals surface area contributed by atoms with Crippen molar-refractivity contribution in [3.8, 4) is 0 Å². The quantitative estimate of drug-likeness (QED) is 0.689. The molecule has 0 bridgehead atoms. The standard InChI is InChI=1S/C11H11FO2/c1-8(13)2-7-11(14)9-3-5-10(12)6-4-9/h3-6H,2,7H2,1H3. The van der Waals surface area contributed by atoms with E-state index in [1.165, 1.54) is 31.2 Å². The highest BCUT2D eigenvalue weighted by atomic mass is 19.1. The second-order valence-electron chi connectivity index (χ2n) is 3.13. The highest BCUT2D eigenvalue weighted by molar-refractivity contribution is 5.97. The number of ketones is 2. The van der Waals surface area contributed by atoms with E-state index in [0.29, 0.717) is 5.56 Å². The van der Waals surface area contributed by atoms with Crippen LogP contribution < -0.4 is 0 Å². The minimum atomic E-state index is -0.367. The fraction of sp³-hybridized carbons (Fsp3) is 0.273. The van der Waals surface area contributed by atoms with Crippen molar-refractivity contribution in [3.05, 3.63) is 35.6 Å². The molecule has 1 aromatic rings. The molecule has 0 atom stereocenters. The third-order valence-electron chi connectivity index (χ3n) is 1.87. The van der Waals surface area contributed by atoms with E-state index >= 15 is 0 Å². The molecule has 1 rings (SSSR count). The van der Waals surface area contributed by atoms with Crippen LogP contribution in [0.5, 0.6) is 0 Å². The van der Waals surface area contributed by atoms with Crippen molar-refractivity contribution in [2.45, 2.75) is 19.8 Å². The van der Waals surface area contributed by atoms with Gasteiger partial charge in [0.05, 0.1) is 0 Å². The molecule has 0 fully saturated rings. The fourth-order valence-corrected chi connectivity index (χ4v) is 1.07. The first-order chi connectivity index (χ1) is 6.59. The Balaban J connectivity index is 2.61. The van der Waals surface area contributed by atoms with Crippen molar-refractivity contribution >= 4 is 11.6 Å². The van der Waals surface area contributed by atoms with Gasteiger partial charge in [-0.15, -0.1) is 0 Å². The summed E-state index contributed by atoms with van der Waals surface area (Å²) in [5, 5.41) is 0. The molecular weight excluding hydrogens is 183 g/mol. The third kappa shape index (κ3) is 3.09. The van der Waals surface area contributed by atoms with Gasteiger partial charge >= 0.3 is 0 Å². The molecular formula is C11H11FO2. The zero-order chi connectivity index (χ0) is 10.6. The Labute approximate surface area is 81.7 Å². The molecule has 0 radical (unpaired) electrons. The van der Waals surface area contributed by atoms with E-state index < -0.39 is 0 Å². The maximum Gasteiger partial charge on any atom is 0.163 e. The van der Waals surface area contributed by atoms with E-state index in [9.17, 15) is 14.0 Å². The third-order valence-corrected chi connectivity index (χ3v) is 1.87. The predicted octanol–water partition coefficient (Wildman–Crippen LogP) is 2.38. The highest BCUT2D eigenvalue weighted by Gasteiger charge is 2.06. The number of halogens is 1. The maximum atomic E-state index is 12.5. The SMILES string of the molecule is CC(=O)CCC(=O)c1ccc(F)cc1. The Kier molecular flexibility index (Phi) is 3.51. The van der Waals surface area contributed by atoms with Crippen molar-refractivity contribution in [1.82, 2.24) is 0 Å². The molecule has 74 valence electrons. The molecule has 0 N–H and O–H groups in total. The minimum Gasteiger partial charge on any atom is -0.300 e. The van der Waals surface area contributed by atoms with E-state index in [4.69, 9.17) is 0 Å². The molecule has 0 aliphatic heterocycles. The summed E-state index contributed by atoms with van der Waals surface area (Å²) in [5.74, 6) is -0.506. The number of hydrogen-bond donors (Lipinski definition) is 0. The monoisotopic (exact) mass is 194 g/mol. The van der Waals surface area contributed by atoms with Crippen LogP contribution in [0.15, 0.2) is 24.3 Å². The predicted molar refractivity (Wildman–Crippen MR) is 50.6 cm³/mol. The lowest BCUT2D eigenvalue weighted by Gasteiger charge is -1.98. The summed E-state index contributed by atoms with van der Waals surface area (Å²) < 4.78 is 12.5. The first kappa shape index (κ1) is 10.6. The first-order valence-corrected chi connectivity index (χ1v) is 4.38. The molecule has 0 heterocycles. The van der Waals surface area contributed by atoms with Gasteiger partial charge in [-0.1, -0.05) is 0 Å². The van der Waals surface area contributed by atoms with Crippen LogP contribution in [-0.2, 0) is 4.79 Å². The molecule has 14 heavy (non-hydrogen) atoms. The van der Waals surface area contributed by atoms with Gasteiger partial charge in [0.2, 0.25) is 0 Å². The normalized spacial score (nSPS) is 9.86. The minimum absolute atomic E-state index is 0.0135. The van der Waals surface area contributed by atoms with E-state index in [1.807, 2.05) is 0 Å². The molecule has 0 aliphatic carbocycles. The number of Topliss-reactive ketones (excluding diaryl/α,β-unsaturated/α-hetero) is 2. The summed E-state index contributed by atoms with van der Waals surface area (Å²) in [4.78, 5) is 22.0. The van der Waals surface area contributed by atoms with Crippen LogP contribution >= 0.6 is 0 Å². The van der Waals surface area contributed by atoms with Crippen LogP contribution in [0.2, 0.25) is 0 Å². The van der Waals surface area contributed by atoms with Gasteiger partial charge in [-0.25, -0.2) is 4.39 Å². The van der Waals surface area contributed by atoms with Gasteiger partial charge < -0.3 is 4.79 Å². The Morgan fingerprint density at radius 1 is 1.14 bits per heavy atom. The number of carbonyl (C=O) groups excluding carboxylic acids is 2. The van der Waals surface area contributed by atoms with Gasteiger partial charge in [-0.2, -0.15) is 0 Å². The van der Waals surface area contributed by atoms with Crippen molar-refractivity contribution in [2.75, 3.05) is 0 Å². The topological polar surface area (TPSA) is 34.1 Å². The second-order valence-corrected chi connectivity index (χ2v) is 3.13. The van der Waals surface area contributed by atoms with Gasteiger partial charge in [0.1, 0.15) is 11.6 Å². The molecule has 0 saturated carbocycles. The summed E-state index contributed by atoms with van der Waals surface area (Å²) in [5.41, 5.74) is 0.452. The Morgan fingerprint density at radius 2 is 1.71 bits per heavy atom. The van der Waals surface area contributed by atoms with E-state index in [-0.39, 0.29) is 30.2 Å². The van der Waals surface area contributed by atoms with E-state index in [2.05, 4.69) is 0 Å². The van der Waals surface area contributed by atoms with Gasteiger partial charge in [0.15, 0.2) is 5.78 Å². The average Bonchev–Trinajstić information content (AvgIpc) is 2.15. The molecule has 0 amide bonds. The van der Waals surface area contributed by atoms with Crippen LogP contribution in [0.3, 0.4) is 0 Å². The Hall–Kier alpha value is -1.51. The lowest BCUT2D eigenvalue weighted by molar-refractivity contribution is -0.116. The molecule has 3 heteroatoms. The zero-order valence-corrected chi connectivity index (χ0v) is 7.92. The lowest BCUT2D eigenvalue weighted by Crippen LogP contribution is -2.02. The Bertz CT molecular complexity index is 341. The molecule has 0 unspecified atom stereocenters. The molecule has 0 aromatic heterocycles. The highest BCUT2D eigenvalue weighted by Crippen LogP contribution is 2.07. The van der Waals surface area contributed by atoms with E-state index in [1.54, 1.807) is 0 Å². The fourth-order valence-electron chi connectivity index (χ4n) is 1.07. The van der Waals surface area contributed by atoms with E-state index in [0.717, 1.165) is 0 Å². The molecule has 2 nitrogen and oxygen atoms in total. The number of hydrogen-bond acceptors (Lipinski definition) is 2. The summed E-state index contributed by atoms with van der Waals surface area (Å²) in [6, 6.07) is 5.33. The van der Waals surface area contributed by atoms with Crippen LogP contribution in [0, 0.1) is 5.82 Å². The van der Waals surface area contributed by atoms with Gasteiger partial charge in [0, 0.05) is 18.4 Å². The van der Waals surface area contributed by atoms with Crippen LogP contribution in [0.25, 0.3) is 0 Å². The number of rotatable bonds is 4. The molecule has 0 saturated heterocycles. The summed E-state index contributed by atoms with van der Waals surface area (Å²) in [6.07, 6.45) is 0.442. The summed E-state index contributed by atoms with van der Waals surface area (Å²) >= 11 is 0. The summed E-state index contributed by atoms with van der Waals surface area (Å²) in [6.45, 7) is 1.44. The summed E-state index contributed by atoms with van der Waals surface area (Å²) in [7, 11) is 0. The number of benzene rings is 1. The van der Waals surface area contributed by atoms with Crippen LogP contribution in [0.4, 0.5) is 4.39 Å². The van der Waals surface area contributed by atoms with Gasteiger partial charge in [-0.05, 0) is 31.2 Å². The average molecular weight is 194 g/mol.